The van der Waals surface area contributed by atoms with Gasteiger partial charge in [-0.1, -0.05) is 6.07 Å². The second-order valence-electron chi connectivity index (χ2n) is 2.50. The minimum atomic E-state index is 0.191. The largest absolute Gasteiger partial charge is 0.454 e. The van der Waals surface area contributed by atoms with Crippen molar-refractivity contribution >= 4 is 0 Å². The van der Waals surface area contributed by atoms with Crippen molar-refractivity contribution in [2.45, 2.75) is 6.54 Å². The molecule has 1 N–H and O–H groups in total. The lowest BCUT2D eigenvalue weighted by atomic mass is 10.2. The monoisotopic (exact) mass is 169 g/mol. The van der Waals surface area contributed by atoms with Crippen molar-refractivity contribution < 1.29 is 14.0 Å². The van der Waals surface area contributed by atoms with Crippen LogP contribution in [-0.4, -0.2) is 6.79 Å². The number of rotatable bonds is 2. The fourth-order valence-electron chi connectivity index (χ4n) is 1.13. The Bertz CT molecular complexity index is 290. The summed E-state index contributed by atoms with van der Waals surface area (Å²) in [4.78, 5) is 0. The third-order valence-electron chi connectivity index (χ3n) is 1.71. The van der Waals surface area contributed by atoms with Crippen LogP contribution in [0, 0.1) is 0 Å². The first-order chi connectivity index (χ1) is 5.90. The SMILES string of the molecule is FNCc1ccc2c(c1)OCO2. The Hall–Kier alpha value is -1.29. The summed E-state index contributed by atoms with van der Waals surface area (Å²) >= 11 is 0. The van der Waals surface area contributed by atoms with E-state index in [-0.39, 0.29) is 13.3 Å². The number of benzene rings is 1. The average Bonchev–Trinajstić information content (AvgIpc) is 2.51. The van der Waals surface area contributed by atoms with Crippen LogP contribution in [-0.2, 0) is 6.54 Å². The molecule has 64 valence electrons. The van der Waals surface area contributed by atoms with Gasteiger partial charge in [0.25, 0.3) is 0 Å². The maximum atomic E-state index is 11.7. The van der Waals surface area contributed by atoms with E-state index in [0.717, 1.165) is 11.3 Å². The van der Waals surface area contributed by atoms with Crippen LogP contribution in [0.3, 0.4) is 0 Å². The summed E-state index contributed by atoms with van der Waals surface area (Å²) in [6.45, 7) is 0.443. The van der Waals surface area contributed by atoms with E-state index in [0.29, 0.717) is 5.75 Å². The van der Waals surface area contributed by atoms with E-state index in [1.165, 1.54) is 0 Å². The van der Waals surface area contributed by atoms with Crippen LogP contribution in [0.25, 0.3) is 0 Å². The van der Waals surface area contributed by atoms with E-state index in [9.17, 15) is 4.48 Å². The highest BCUT2D eigenvalue weighted by Gasteiger charge is 2.12. The zero-order valence-corrected chi connectivity index (χ0v) is 6.34. The number of halogens is 1. The first-order valence-corrected chi connectivity index (χ1v) is 3.62. The molecule has 1 aliphatic heterocycles. The maximum absolute atomic E-state index is 11.7. The van der Waals surface area contributed by atoms with E-state index in [1.807, 2.05) is 0 Å². The molecule has 1 aromatic rings. The quantitative estimate of drug-likeness (QED) is 0.678. The smallest absolute Gasteiger partial charge is 0.231 e. The fourth-order valence-corrected chi connectivity index (χ4v) is 1.13. The second kappa shape index (κ2) is 2.98. The topological polar surface area (TPSA) is 30.5 Å². The summed E-state index contributed by atoms with van der Waals surface area (Å²) in [5.41, 5.74) is 2.41. The van der Waals surface area contributed by atoms with Crippen molar-refractivity contribution in [3.8, 4) is 11.5 Å². The van der Waals surface area contributed by atoms with Gasteiger partial charge in [-0.3, -0.25) is 0 Å². The number of hydrogen-bond acceptors (Lipinski definition) is 3. The van der Waals surface area contributed by atoms with Crippen LogP contribution in [0.15, 0.2) is 18.2 Å². The third-order valence-corrected chi connectivity index (χ3v) is 1.71. The molecule has 0 radical (unpaired) electrons. The van der Waals surface area contributed by atoms with Crippen LogP contribution >= 0.6 is 0 Å². The average molecular weight is 169 g/mol. The molecule has 0 fully saturated rings. The molecule has 0 amide bonds. The van der Waals surface area contributed by atoms with Gasteiger partial charge in [-0.05, 0) is 17.7 Å². The molecule has 0 saturated heterocycles. The summed E-state index contributed by atoms with van der Waals surface area (Å²) in [6.07, 6.45) is 0. The summed E-state index contributed by atoms with van der Waals surface area (Å²) in [6, 6.07) is 5.32. The number of fused-ring (bicyclic) bond motifs is 1. The van der Waals surface area contributed by atoms with Gasteiger partial charge in [-0.2, -0.15) is 5.54 Å². The summed E-state index contributed by atoms with van der Waals surface area (Å²) in [5, 5.41) is 0. The van der Waals surface area contributed by atoms with Gasteiger partial charge in [0, 0.05) is 0 Å². The highest BCUT2D eigenvalue weighted by atomic mass is 19.2. The third kappa shape index (κ3) is 1.21. The molecule has 0 saturated carbocycles. The number of hydrogen-bond donors (Lipinski definition) is 1. The summed E-state index contributed by atoms with van der Waals surface area (Å²) < 4.78 is 21.9. The Balaban J connectivity index is 2.26. The van der Waals surface area contributed by atoms with E-state index in [1.54, 1.807) is 23.7 Å². The zero-order chi connectivity index (χ0) is 8.39. The molecule has 0 atom stereocenters. The van der Waals surface area contributed by atoms with Crippen LogP contribution < -0.4 is 15.0 Å². The van der Waals surface area contributed by atoms with E-state index in [2.05, 4.69) is 0 Å². The number of ether oxygens (including phenoxy) is 2. The lowest BCUT2D eigenvalue weighted by Crippen LogP contribution is -1.99. The van der Waals surface area contributed by atoms with Crippen LogP contribution in [0.4, 0.5) is 4.48 Å². The summed E-state index contributed by atoms with van der Waals surface area (Å²) in [7, 11) is 0. The van der Waals surface area contributed by atoms with Crippen molar-refractivity contribution in [3.63, 3.8) is 0 Å². The molecular weight excluding hydrogens is 161 g/mol. The molecule has 1 heterocycles. The van der Waals surface area contributed by atoms with E-state index < -0.39 is 0 Å². The molecule has 2 rings (SSSR count). The van der Waals surface area contributed by atoms with Gasteiger partial charge in [0.2, 0.25) is 6.79 Å². The van der Waals surface area contributed by atoms with Crippen molar-refractivity contribution in [2.75, 3.05) is 6.79 Å². The summed E-state index contributed by atoms with van der Waals surface area (Å²) in [5.74, 6) is 1.40. The maximum Gasteiger partial charge on any atom is 0.231 e. The van der Waals surface area contributed by atoms with Crippen molar-refractivity contribution in [1.82, 2.24) is 5.54 Å². The van der Waals surface area contributed by atoms with E-state index >= 15 is 0 Å². The molecule has 3 nitrogen and oxygen atoms in total. The molecule has 12 heavy (non-hydrogen) atoms. The molecule has 0 spiro atoms. The van der Waals surface area contributed by atoms with Crippen LogP contribution in [0.1, 0.15) is 5.56 Å². The Morgan fingerprint density at radius 3 is 3.00 bits per heavy atom. The predicted octanol–water partition coefficient (Wildman–Crippen LogP) is 1.39. The fraction of sp³-hybridized carbons (Fsp3) is 0.250. The Morgan fingerprint density at radius 1 is 1.33 bits per heavy atom. The van der Waals surface area contributed by atoms with E-state index in [4.69, 9.17) is 9.47 Å². The van der Waals surface area contributed by atoms with Gasteiger partial charge in [0.1, 0.15) is 0 Å². The standard InChI is InChI=1S/C8H8FNO2/c9-10-4-6-1-2-7-8(3-6)12-5-11-7/h1-3,10H,4-5H2. The Kier molecular flexibility index (Phi) is 1.83. The molecule has 0 unspecified atom stereocenters. The Labute approximate surface area is 69.0 Å². The van der Waals surface area contributed by atoms with Gasteiger partial charge < -0.3 is 9.47 Å². The lowest BCUT2D eigenvalue weighted by Gasteiger charge is -1.99. The molecule has 1 aromatic carbocycles. The lowest BCUT2D eigenvalue weighted by molar-refractivity contribution is 0.174. The van der Waals surface area contributed by atoms with Gasteiger partial charge in [0.15, 0.2) is 11.5 Å². The zero-order valence-electron chi connectivity index (χ0n) is 6.34. The van der Waals surface area contributed by atoms with Gasteiger partial charge in [-0.25, -0.2) is 0 Å². The molecule has 0 aliphatic carbocycles. The Morgan fingerprint density at radius 2 is 2.17 bits per heavy atom. The van der Waals surface area contributed by atoms with Gasteiger partial charge in [-0.15, -0.1) is 4.48 Å². The highest BCUT2D eigenvalue weighted by molar-refractivity contribution is 5.44. The molecule has 4 heteroatoms. The second-order valence-corrected chi connectivity index (χ2v) is 2.50. The minimum absolute atomic E-state index is 0.191. The molecular formula is C8H8FNO2. The molecule has 0 aromatic heterocycles. The first kappa shape index (κ1) is 7.36. The first-order valence-electron chi connectivity index (χ1n) is 3.62. The van der Waals surface area contributed by atoms with Gasteiger partial charge in [0.05, 0.1) is 6.54 Å². The van der Waals surface area contributed by atoms with Crippen molar-refractivity contribution in [3.05, 3.63) is 23.8 Å². The van der Waals surface area contributed by atoms with Crippen molar-refractivity contribution in [2.24, 2.45) is 0 Å². The normalized spacial score (nSPS) is 13.4. The van der Waals surface area contributed by atoms with Gasteiger partial charge >= 0.3 is 0 Å². The van der Waals surface area contributed by atoms with Crippen LogP contribution in [0.2, 0.25) is 0 Å². The predicted molar refractivity (Wildman–Crippen MR) is 40.5 cm³/mol. The minimum Gasteiger partial charge on any atom is -0.454 e. The number of nitrogens with one attached hydrogen (secondary N) is 1. The highest BCUT2D eigenvalue weighted by Crippen LogP contribution is 2.32. The molecule has 0 bridgehead atoms. The van der Waals surface area contributed by atoms with Crippen LogP contribution in [0.5, 0.6) is 11.5 Å². The van der Waals surface area contributed by atoms with Crippen molar-refractivity contribution in [1.29, 1.82) is 0 Å². The molecule has 1 aliphatic rings.